The fraction of sp³-hybridized carbons (Fsp3) is 0.158. The van der Waals surface area contributed by atoms with E-state index >= 15 is 0 Å². The average Bonchev–Trinajstić information content (AvgIpc) is 3.13. The molecule has 0 atom stereocenters. The van der Waals surface area contributed by atoms with Crippen LogP contribution in [0, 0.1) is 12.7 Å². The van der Waals surface area contributed by atoms with E-state index in [2.05, 4.69) is 15.5 Å². The standard InChI is InChI=1S/C19H18FN3O3/c1-11-4-7-15(14(20)8-11)21-19(24)17-10-16(22-23-17)13-6-5-12(25-2)9-18(13)26-3/h4-10H,1-3H3,(H,21,24)(H,22,23). The summed E-state index contributed by atoms with van der Waals surface area (Å²) in [4.78, 5) is 12.4. The van der Waals surface area contributed by atoms with E-state index in [0.717, 1.165) is 5.56 Å². The zero-order valence-electron chi connectivity index (χ0n) is 14.6. The van der Waals surface area contributed by atoms with Gasteiger partial charge < -0.3 is 14.8 Å². The number of nitrogens with zero attached hydrogens (tertiary/aromatic N) is 1. The van der Waals surface area contributed by atoms with Gasteiger partial charge in [0.25, 0.3) is 5.91 Å². The minimum absolute atomic E-state index is 0.110. The molecule has 1 amide bonds. The molecular formula is C19H18FN3O3. The normalized spacial score (nSPS) is 10.5. The Kier molecular flexibility index (Phi) is 4.88. The number of amides is 1. The van der Waals surface area contributed by atoms with Gasteiger partial charge >= 0.3 is 0 Å². The Balaban J connectivity index is 1.84. The van der Waals surface area contributed by atoms with Gasteiger partial charge in [-0.1, -0.05) is 6.07 Å². The topological polar surface area (TPSA) is 76.2 Å². The lowest BCUT2D eigenvalue weighted by atomic mass is 10.1. The number of ether oxygens (including phenoxy) is 2. The summed E-state index contributed by atoms with van der Waals surface area (Å²) in [5, 5.41) is 9.34. The van der Waals surface area contributed by atoms with Crippen molar-refractivity contribution < 1.29 is 18.7 Å². The van der Waals surface area contributed by atoms with Crippen LogP contribution >= 0.6 is 0 Å². The zero-order chi connectivity index (χ0) is 18.7. The molecule has 3 aromatic rings. The van der Waals surface area contributed by atoms with Crippen molar-refractivity contribution in [3.8, 4) is 22.8 Å². The summed E-state index contributed by atoms with van der Waals surface area (Å²) in [6, 6.07) is 11.5. The van der Waals surface area contributed by atoms with Crippen molar-refractivity contribution in [2.45, 2.75) is 6.92 Å². The lowest BCUT2D eigenvalue weighted by Crippen LogP contribution is -2.13. The van der Waals surface area contributed by atoms with Gasteiger partial charge in [-0.15, -0.1) is 0 Å². The van der Waals surface area contributed by atoms with Crippen LogP contribution in [0.2, 0.25) is 0 Å². The van der Waals surface area contributed by atoms with E-state index in [0.29, 0.717) is 22.8 Å². The van der Waals surface area contributed by atoms with Crippen LogP contribution in [-0.4, -0.2) is 30.3 Å². The maximum atomic E-state index is 13.9. The van der Waals surface area contributed by atoms with Gasteiger partial charge in [-0.3, -0.25) is 9.89 Å². The number of aryl methyl sites for hydroxylation is 1. The van der Waals surface area contributed by atoms with Crippen LogP contribution < -0.4 is 14.8 Å². The number of carbonyl (C=O) groups excluding carboxylic acids is 1. The highest BCUT2D eigenvalue weighted by Gasteiger charge is 2.16. The number of anilines is 1. The van der Waals surface area contributed by atoms with Crippen molar-refractivity contribution in [3.05, 3.63) is 59.5 Å². The molecule has 7 heteroatoms. The molecule has 3 rings (SSSR count). The molecule has 2 aromatic carbocycles. The number of H-pyrrole nitrogens is 1. The largest absolute Gasteiger partial charge is 0.497 e. The summed E-state index contributed by atoms with van der Waals surface area (Å²) in [7, 11) is 3.11. The van der Waals surface area contributed by atoms with E-state index in [1.807, 2.05) is 0 Å². The fourth-order valence-corrected chi connectivity index (χ4v) is 2.50. The van der Waals surface area contributed by atoms with Gasteiger partial charge in [0, 0.05) is 11.6 Å². The number of halogens is 1. The van der Waals surface area contributed by atoms with Crippen molar-refractivity contribution in [3.63, 3.8) is 0 Å². The van der Waals surface area contributed by atoms with Crippen molar-refractivity contribution in [1.82, 2.24) is 10.2 Å². The molecule has 1 aromatic heterocycles. The molecule has 0 bridgehead atoms. The number of benzene rings is 2. The van der Waals surface area contributed by atoms with E-state index in [1.54, 1.807) is 51.5 Å². The summed E-state index contributed by atoms with van der Waals surface area (Å²) in [6.45, 7) is 1.78. The van der Waals surface area contributed by atoms with Crippen LogP contribution in [0.5, 0.6) is 11.5 Å². The first kappa shape index (κ1) is 17.5. The summed E-state index contributed by atoms with van der Waals surface area (Å²) < 4.78 is 24.4. The highest BCUT2D eigenvalue weighted by atomic mass is 19.1. The first-order valence-corrected chi connectivity index (χ1v) is 7.87. The Hall–Kier alpha value is -3.35. The van der Waals surface area contributed by atoms with Crippen LogP contribution in [0.4, 0.5) is 10.1 Å². The average molecular weight is 355 g/mol. The first-order valence-electron chi connectivity index (χ1n) is 7.87. The predicted molar refractivity (Wildman–Crippen MR) is 96.2 cm³/mol. The van der Waals surface area contributed by atoms with Crippen LogP contribution in [0.1, 0.15) is 16.1 Å². The smallest absolute Gasteiger partial charge is 0.273 e. The second-order valence-corrected chi connectivity index (χ2v) is 5.67. The summed E-state index contributed by atoms with van der Waals surface area (Å²) in [6.07, 6.45) is 0. The Morgan fingerprint density at radius 1 is 1.12 bits per heavy atom. The van der Waals surface area contributed by atoms with Gasteiger partial charge in [0.1, 0.15) is 23.0 Å². The fourth-order valence-electron chi connectivity index (χ4n) is 2.50. The molecule has 0 spiro atoms. The van der Waals surface area contributed by atoms with Gasteiger partial charge in [0.15, 0.2) is 0 Å². The minimum atomic E-state index is -0.491. The van der Waals surface area contributed by atoms with Crippen molar-refractivity contribution in [1.29, 1.82) is 0 Å². The lowest BCUT2D eigenvalue weighted by Gasteiger charge is -2.08. The Bertz CT molecular complexity index is 953. The molecule has 0 saturated carbocycles. The minimum Gasteiger partial charge on any atom is -0.497 e. The molecule has 0 unspecified atom stereocenters. The maximum absolute atomic E-state index is 13.9. The molecule has 0 aliphatic heterocycles. The number of carbonyl (C=O) groups is 1. The van der Waals surface area contributed by atoms with E-state index in [1.165, 1.54) is 12.1 Å². The third-order valence-electron chi connectivity index (χ3n) is 3.88. The van der Waals surface area contributed by atoms with Gasteiger partial charge in [-0.2, -0.15) is 5.10 Å². The number of aromatic amines is 1. The van der Waals surface area contributed by atoms with Crippen LogP contribution in [-0.2, 0) is 0 Å². The Morgan fingerprint density at radius 2 is 1.92 bits per heavy atom. The Morgan fingerprint density at radius 3 is 2.62 bits per heavy atom. The Labute approximate surface area is 150 Å². The summed E-state index contributed by atoms with van der Waals surface area (Å²) >= 11 is 0. The predicted octanol–water partition coefficient (Wildman–Crippen LogP) is 3.79. The molecule has 0 saturated heterocycles. The maximum Gasteiger partial charge on any atom is 0.273 e. The SMILES string of the molecule is COc1ccc(-c2cc(C(=O)Nc3ccc(C)cc3F)[nH]n2)c(OC)c1. The second kappa shape index (κ2) is 7.26. The van der Waals surface area contributed by atoms with E-state index in [-0.39, 0.29) is 11.4 Å². The molecule has 1 heterocycles. The second-order valence-electron chi connectivity index (χ2n) is 5.67. The van der Waals surface area contributed by atoms with Crippen LogP contribution in [0.25, 0.3) is 11.3 Å². The third-order valence-corrected chi connectivity index (χ3v) is 3.88. The van der Waals surface area contributed by atoms with Gasteiger partial charge in [0.05, 0.1) is 25.6 Å². The molecule has 0 radical (unpaired) electrons. The lowest BCUT2D eigenvalue weighted by molar-refractivity contribution is 0.102. The number of aromatic nitrogens is 2. The number of nitrogens with one attached hydrogen (secondary N) is 2. The van der Waals surface area contributed by atoms with E-state index < -0.39 is 11.7 Å². The van der Waals surface area contributed by atoms with Crippen LogP contribution in [0.15, 0.2) is 42.5 Å². The molecule has 26 heavy (non-hydrogen) atoms. The zero-order valence-corrected chi connectivity index (χ0v) is 14.6. The molecule has 0 fully saturated rings. The first-order chi connectivity index (χ1) is 12.5. The number of hydrogen-bond donors (Lipinski definition) is 2. The van der Waals surface area contributed by atoms with Crippen molar-refractivity contribution in [2.24, 2.45) is 0 Å². The van der Waals surface area contributed by atoms with Crippen molar-refractivity contribution >= 4 is 11.6 Å². The number of methoxy groups -OCH3 is 2. The number of rotatable bonds is 5. The molecule has 134 valence electrons. The van der Waals surface area contributed by atoms with Gasteiger partial charge in [-0.25, -0.2) is 4.39 Å². The summed E-state index contributed by atoms with van der Waals surface area (Å²) in [5.41, 5.74) is 2.32. The molecule has 0 aliphatic carbocycles. The van der Waals surface area contributed by atoms with Crippen LogP contribution in [0.3, 0.4) is 0 Å². The van der Waals surface area contributed by atoms with E-state index in [4.69, 9.17) is 9.47 Å². The number of hydrogen-bond acceptors (Lipinski definition) is 4. The summed E-state index contributed by atoms with van der Waals surface area (Å²) in [5.74, 6) is 0.232. The highest BCUT2D eigenvalue weighted by molar-refractivity contribution is 6.03. The van der Waals surface area contributed by atoms with Gasteiger partial charge in [-0.05, 0) is 42.8 Å². The highest BCUT2D eigenvalue weighted by Crippen LogP contribution is 2.32. The third kappa shape index (κ3) is 3.51. The molecular weight excluding hydrogens is 337 g/mol. The quantitative estimate of drug-likeness (QED) is 0.730. The molecule has 0 aliphatic rings. The molecule has 2 N–H and O–H groups in total. The van der Waals surface area contributed by atoms with E-state index in [9.17, 15) is 9.18 Å². The van der Waals surface area contributed by atoms with Gasteiger partial charge in [0.2, 0.25) is 0 Å². The molecule has 6 nitrogen and oxygen atoms in total. The monoisotopic (exact) mass is 355 g/mol. The van der Waals surface area contributed by atoms with Crippen molar-refractivity contribution in [2.75, 3.05) is 19.5 Å².